The maximum Gasteiger partial charge on any atom is 0.254 e. The second-order valence-electron chi connectivity index (χ2n) is 6.64. The Labute approximate surface area is 151 Å². The molecule has 1 amide bonds. The highest BCUT2D eigenvalue weighted by Crippen LogP contribution is 2.33. The molecule has 0 N–H and O–H groups in total. The Hall–Kier alpha value is -2.95. The van der Waals surface area contributed by atoms with Gasteiger partial charge in [0.1, 0.15) is 5.82 Å². The number of hydrogen-bond donors (Lipinski definition) is 0. The molecule has 4 nitrogen and oxygen atoms in total. The third-order valence-electron chi connectivity index (χ3n) is 4.96. The van der Waals surface area contributed by atoms with Gasteiger partial charge in [-0.15, -0.1) is 0 Å². The van der Waals surface area contributed by atoms with E-state index in [9.17, 15) is 9.18 Å². The number of likely N-dealkylation sites (tertiary alicyclic amines) is 1. The minimum Gasteiger partial charge on any atom is -0.332 e. The smallest absolute Gasteiger partial charge is 0.254 e. The van der Waals surface area contributed by atoms with Crippen LogP contribution in [0.2, 0.25) is 0 Å². The molecule has 1 fully saturated rings. The number of nitrogens with zero attached hydrogens (tertiary/aromatic N) is 3. The zero-order valence-corrected chi connectivity index (χ0v) is 14.6. The van der Waals surface area contributed by atoms with Crippen molar-refractivity contribution in [2.75, 3.05) is 6.54 Å². The highest BCUT2D eigenvalue weighted by atomic mass is 19.1. The average Bonchev–Trinajstić information content (AvgIpc) is 3.31. The Balaban J connectivity index is 1.56. The van der Waals surface area contributed by atoms with Crippen LogP contribution in [0.1, 0.15) is 40.5 Å². The van der Waals surface area contributed by atoms with Crippen molar-refractivity contribution in [3.8, 4) is 5.69 Å². The highest BCUT2D eigenvalue weighted by Gasteiger charge is 2.30. The summed E-state index contributed by atoms with van der Waals surface area (Å²) in [5, 5.41) is 4.29. The van der Waals surface area contributed by atoms with Crippen LogP contribution in [0, 0.1) is 12.7 Å². The number of carbonyl (C=O) groups is 1. The molecule has 0 radical (unpaired) electrons. The summed E-state index contributed by atoms with van der Waals surface area (Å²) in [7, 11) is 0. The first-order valence-electron chi connectivity index (χ1n) is 8.81. The van der Waals surface area contributed by atoms with E-state index in [0.29, 0.717) is 5.56 Å². The van der Waals surface area contributed by atoms with Gasteiger partial charge in [0.2, 0.25) is 0 Å². The summed E-state index contributed by atoms with van der Waals surface area (Å²) in [4.78, 5) is 14.9. The van der Waals surface area contributed by atoms with Crippen LogP contribution in [0.4, 0.5) is 4.39 Å². The first-order chi connectivity index (χ1) is 12.6. The molecule has 0 bridgehead atoms. The van der Waals surface area contributed by atoms with E-state index in [-0.39, 0.29) is 17.8 Å². The number of hydrogen-bond acceptors (Lipinski definition) is 2. The SMILES string of the molecule is Cc1ccnn1-c1ccc(C(=O)N2CCC[C@H]2c2ccc(F)cc2)cc1. The minimum atomic E-state index is -0.255. The van der Waals surface area contributed by atoms with Crippen molar-refractivity contribution < 1.29 is 9.18 Å². The molecule has 26 heavy (non-hydrogen) atoms. The molecule has 1 atom stereocenters. The van der Waals surface area contributed by atoms with Crippen LogP contribution >= 0.6 is 0 Å². The molecular weight excluding hydrogens is 329 g/mol. The molecule has 0 saturated carbocycles. The Morgan fingerprint density at radius 1 is 1.08 bits per heavy atom. The monoisotopic (exact) mass is 349 g/mol. The van der Waals surface area contributed by atoms with Gasteiger partial charge in [-0.1, -0.05) is 12.1 Å². The highest BCUT2D eigenvalue weighted by molar-refractivity contribution is 5.94. The lowest BCUT2D eigenvalue weighted by Gasteiger charge is -2.25. The number of aromatic nitrogens is 2. The second-order valence-corrected chi connectivity index (χ2v) is 6.64. The van der Waals surface area contributed by atoms with Crippen molar-refractivity contribution in [2.45, 2.75) is 25.8 Å². The van der Waals surface area contributed by atoms with Crippen molar-refractivity contribution >= 4 is 5.91 Å². The fraction of sp³-hybridized carbons (Fsp3) is 0.238. The Morgan fingerprint density at radius 3 is 2.46 bits per heavy atom. The molecule has 0 aliphatic carbocycles. The van der Waals surface area contributed by atoms with Crippen LogP contribution in [0.25, 0.3) is 5.69 Å². The van der Waals surface area contributed by atoms with E-state index in [1.54, 1.807) is 18.3 Å². The van der Waals surface area contributed by atoms with Crippen molar-refractivity contribution in [3.05, 3.63) is 83.4 Å². The van der Waals surface area contributed by atoms with E-state index < -0.39 is 0 Å². The summed E-state index contributed by atoms with van der Waals surface area (Å²) in [6.07, 6.45) is 3.62. The summed E-state index contributed by atoms with van der Waals surface area (Å²) in [6, 6.07) is 15.9. The number of benzene rings is 2. The van der Waals surface area contributed by atoms with Gasteiger partial charge in [0.25, 0.3) is 5.91 Å². The molecule has 2 heterocycles. The number of carbonyl (C=O) groups excluding carboxylic acids is 1. The lowest BCUT2D eigenvalue weighted by atomic mass is 10.0. The quantitative estimate of drug-likeness (QED) is 0.707. The lowest BCUT2D eigenvalue weighted by Crippen LogP contribution is -2.30. The normalized spacial score (nSPS) is 16.8. The summed E-state index contributed by atoms with van der Waals surface area (Å²) in [6.45, 7) is 2.71. The van der Waals surface area contributed by atoms with E-state index >= 15 is 0 Å². The standard InChI is InChI=1S/C21H20FN3O/c1-15-12-13-23-25(15)19-10-6-17(7-11-19)21(26)24-14-2-3-20(24)16-4-8-18(22)9-5-16/h4-13,20H,2-3,14H2,1H3/t20-/m0/s1. The first-order valence-corrected chi connectivity index (χ1v) is 8.81. The molecule has 0 unspecified atom stereocenters. The lowest BCUT2D eigenvalue weighted by molar-refractivity contribution is 0.0735. The van der Waals surface area contributed by atoms with Gasteiger partial charge >= 0.3 is 0 Å². The number of halogens is 1. The van der Waals surface area contributed by atoms with Gasteiger partial charge in [-0.25, -0.2) is 9.07 Å². The third-order valence-corrected chi connectivity index (χ3v) is 4.96. The summed E-state index contributed by atoms with van der Waals surface area (Å²) >= 11 is 0. The largest absolute Gasteiger partial charge is 0.332 e. The molecule has 1 aliphatic heterocycles. The fourth-order valence-corrected chi connectivity index (χ4v) is 3.59. The second kappa shape index (κ2) is 6.75. The van der Waals surface area contributed by atoms with Gasteiger partial charge in [-0.05, 0) is 67.8 Å². The maximum atomic E-state index is 13.2. The molecule has 5 heteroatoms. The van der Waals surface area contributed by atoms with Gasteiger partial charge < -0.3 is 4.90 Å². The van der Waals surface area contributed by atoms with E-state index in [2.05, 4.69) is 5.10 Å². The zero-order valence-electron chi connectivity index (χ0n) is 14.6. The minimum absolute atomic E-state index is 0.0103. The van der Waals surface area contributed by atoms with E-state index in [1.807, 2.05) is 46.8 Å². The number of aryl methyl sites for hydroxylation is 1. The van der Waals surface area contributed by atoms with E-state index in [4.69, 9.17) is 0 Å². The molecular formula is C21H20FN3O. The van der Waals surface area contributed by atoms with Crippen LogP contribution < -0.4 is 0 Å². The number of amides is 1. The van der Waals surface area contributed by atoms with E-state index in [1.165, 1.54) is 12.1 Å². The van der Waals surface area contributed by atoms with Crippen LogP contribution in [-0.4, -0.2) is 27.1 Å². The predicted octanol–water partition coefficient (Wildman–Crippen LogP) is 4.30. The van der Waals surface area contributed by atoms with Crippen molar-refractivity contribution in [1.82, 2.24) is 14.7 Å². The molecule has 2 aromatic carbocycles. The number of rotatable bonds is 3. The van der Waals surface area contributed by atoms with Crippen LogP contribution in [0.3, 0.4) is 0 Å². The maximum absolute atomic E-state index is 13.2. The first kappa shape index (κ1) is 16.5. The van der Waals surface area contributed by atoms with Crippen molar-refractivity contribution in [2.24, 2.45) is 0 Å². The van der Waals surface area contributed by atoms with Gasteiger partial charge in [-0.2, -0.15) is 5.10 Å². The molecule has 132 valence electrons. The van der Waals surface area contributed by atoms with Crippen LogP contribution in [0.5, 0.6) is 0 Å². The van der Waals surface area contributed by atoms with Crippen molar-refractivity contribution in [3.63, 3.8) is 0 Å². The Bertz CT molecular complexity index is 915. The molecule has 1 saturated heterocycles. The molecule has 3 aromatic rings. The van der Waals surface area contributed by atoms with Gasteiger partial charge in [0.15, 0.2) is 0 Å². The van der Waals surface area contributed by atoms with Crippen LogP contribution in [-0.2, 0) is 0 Å². The van der Waals surface area contributed by atoms with Crippen molar-refractivity contribution in [1.29, 1.82) is 0 Å². The van der Waals surface area contributed by atoms with Gasteiger partial charge in [0, 0.05) is 24.0 Å². The zero-order chi connectivity index (χ0) is 18.1. The fourth-order valence-electron chi connectivity index (χ4n) is 3.59. The summed E-state index contributed by atoms with van der Waals surface area (Å²) in [5.74, 6) is -0.241. The predicted molar refractivity (Wildman–Crippen MR) is 97.7 cm³/mol. The summed E-state index contributed by atoms with van der Waals surface area (Å²) in [5.41, 5.74) is 3.62. The molecule has 1 aromatic heterocycles. The summed E-state index contributed by atoms with van der Waals surface area (Å²) < 4.78 is 15.0. The molecule has 4 rings (SSSR count). The Morgan fingerprint density at radius 2 is 1.81 bits per heavy atom. The third kappa shape index (κ3) is 3.01. The molecule has 1 aliphatic rings. The Kier molecular flexibility index (Phi) is 4.29. The van der Waals surface area contributed by atoms with Gasteiger partial charge in [0.05, 0.1) is 11.7 Å². The average molecular weight is 349 g/mol. The topological polar surface area (TPSA) is 38.1 Å². The van der Waals surface area contributed by atoms with Gasteiger partial charge in [-0.3, -0.25) is 4.79 Å². The van der Waals surface area contributed by atoms with E-state index in [0.717, 1.165) is 36.3 Å². The van der Waals surface area contributed by atoms with Crippen LogP contribution in [0.15, 0.2) is 60.8 Å². The molecule has 0 spiro atoms.